The van der Waals surface area contributed by atoms with Crippen LogP contribution in [0, 0.1) is 39.9 Å². The molecule has 10 heteroatoms. The Kier molecular flexibility index (Phi) is 7.32. The number of hydrogen-bond donors (Lipinski definition) is 1. The molecule has 5 aliphatic rings. The van der Waals surface area contributed by atoms with Gasteiger partial charge in [0.05, 0.1) is 19.4 Å². The molecule has 2 heterocycles. The number of carbonyl (C=O) groups is 5. The van der Waals surface area contributed by atoms with E-state index < -0.39 is 70.5 Å². The third-order valence-corrected chi connectivity index (χ3v) is 11.1. The van der Waals surface area contributed by atoms with E-state index in [2.05, 4.69) is 0 Å². The monoisotopic (exact) mass is 584 g/mol. The van der Waals surface area contributed by atoms with Crippen LogP contribution in [-0.4, -0.2) is 60.4 Å². The topological polar surface area (TPSA) is 142 Å². The van der Waals surface area contributed by atoms with Gasteiger partial charge < -0.3 is 24.1 Å². The zero-order chi connectivity index (χ0) is 30.9. The van der Waals surface area contributed by atoms with E-state index in [9.17, 15) is 29.1 Å². The van der Waals surface area contributed by atoms with Gasteiger partial charge in [-0.15, -0.1) is 0 Å². The van der Waals surface area contributed by atoms with Crippen molar-refractivity contribution in [2.75, 3.05) is 7.11 Å². The Morgan fingerprint density at radius 1 is 1.10 bits per heavy atom. The van der Waals surface area contributed by atoms with Gasteiger partial charge in [0, 0.05) is 39.9 Å². The van der Waals surface area contributed by atoms with Gasteiger partial charge in [-0.2, -0.15) is 0 Å². The number of hydrogen-bond acceptors (Lipinski definition) is 10. The Morgan fingerprint density at radius 2 is 1.79 bits per heavy atom. The van der Waals surface area contributed by atoms with Crippen molar-refractivity contribution in [2.24, 2.45) is 39.9 Å². The number of ether oxygens (including phenoxy) is 4. The predicted octanol–water partition coefficient (Wildman–Crippen LogP) is 3.36. The Hall–Kier alpha value is -3.27. The molecule has 0 unspecified atom stereocenters. The van der Waals surface area contributed by atoms with Crippen LogP contribution in [0.2, 0.25) is 0 Å². The Morgan fingerprint density at radius 3 is 2.38 bits per heavy atom. The normalized spacial score (nSPS) is 40.5. The fraction of sp³-hybridized carbons (Fsp3) is 0.656. The number of fused-ring (bicyclic) bond motifs is 6. The van der Waals surface area contributed by atoms with Crippen molar-refractivity contribution in [1.29, 1.82) is 0 Å². The standard InChI is InChI=1S/C32H40O10/c1-8-15(2)28(37)42-26-17-11-16-19(32(6,25(17)36)21(30(26,3)4)14-22(33)39-7)9-10-31(5)20(16)13-24(35)40-27(31)18-12-23(34)41-29(18)38/h8,11-12,17,19-21,26-27,29,38H,9-10,13-14H2,1-7H3/b15-8+/t17-,19+,20+,21+,26-,27+,29+,31-,32-/m1/s1. The Labute approximate surface area is 245 Å². The van der Waals surface area contributed by atoms with Crippen molar-refractivity contribution in [1.82, 2.24) is 0 Å². The van der Waals surface area contributed by atoms with Gasteiger partial charge in [0.1, 0.15) is 18.0 Å². The largest absolute Gasteiger partial charge is 0.469 e. The molecule has 10 nitrogen and oxygen atoms in total. The van der Waals surface area contributed by atoms with Crippen LogP contribution in [0.3, 0.4) is 0 Å². The molecule has 9 atom stereocenters. The van der Waals surface area contributed by atoms with E-state index in [1.54, 1.807) is 19.9 Å². The van der Waals surface area contributed by atoms with E-state index in [1.807, 2.05) is 33.8 Å². The summed E-state index contributed by atoms with van der Waals surface area (Å²) in [5.74, 6) is -4.26. The van der Waals surface area contributed by atoms with Crippen molar-refractivity contribution in [2.45, 2.75) is 85.7 Å². The number of methoxy groups -OCH3 is 1. The predicted molar refractivity (Wildman–Crippen MR) is 147 cm³/mol. The molecule has 5 rings (SSSR count). The highest BCUT2D eigenvalue weighted by molar-refractivity contribution is 5.94. The van der Waals surface area contributed by atoms with Gasteiger partial charge in [-0.25, -0.2) is 9.59 Å². The molecule has 0 aromatic rings. The summed E-state index contributed by atoms with van der Waals surface area (Å²) in [6, 6.07) is 0. The minimum Gasteiger partial charge on any atom is -0.469 e. The van der Waals surface area contributed by atoms with Gasteiger partial charge in [-0.05, 0) is 44.4 Å². The van der Waals surface area contributed by atoms with Crippen molar-refractivity contribution < 1.29 is 48.0 Å². The molecule has 228 valence electrons. The Balaban J connectivity index is 1.66. The van der Waals surface area contributed by atoms with Gasteiger partial charge in [-0.1, -0.05) is 45.4 Å². The minimum absolute atomic E-state index is 0.0377. The third-order valence-electron chi connectivity index (χ3n) is 11.1. The number of cyclic esters (lactones) is 2. The second kappa shape index (κ2) is 10.2. The second-order valence-electron chi connectivity index (χ2n) is 13.4. The van der Waals surface area contributed by atoms with Crippen LogP contribution in [0.15, 0.2) is 34.9 Å². The summed E-state index contributed by atoms with van der Waals surface area (Å²) >= 11 is 0. The lowest BCUT2D eigenvalue weighted by Gasteiger charge is -2.64. The number of rotatable bonds is 5. The molecule has 0 aromatic heterocycles. The van der Waals surface area contributed by atoms with Gasteiger partial charge in [0.15, 0.2) is 0 Å². The first-order valence-corrected chi connectivity index (χ1v) is 14.6. The number of esters is 4. The van der Waals surface area contributed by atoms with Crippen molar-refractivity contribution in [3.8, 4) is 0 Å². The van der Waals surface area contributed by atoms with Crippen molar-refractivity contribution >= 4 is 29.7 Å². The van der Waals surface area contributed by atoms with Crippen molar-refractivity contribution in [3.05, 3.63) is 34.9 Å². The van der Waals surface area contributed by atoms with E-state index in [1.165, 1.54) is 13.2 Å². The maximum atomic E-state index is 14.4. The van der Waals surface area contributed by atoms with E-state index in [-0.39, 0.29) is 36.0 Å². The molecule has 0 radical (unpaired) electrons. The van der Waals surface area contributed by atoms with Crippen LogP contribution < -0.4 is 0 Å². The summed E-state index contributed by atoms with van der Waals surface area (Å²) in [4.78, 5) is 65.3. The first-order chi connectivity index (χ1) is 19.6. The molecule has 1 N–H and O–H groups in total. The van der Waals surface area contributed by atoms with Crippen LogP contribution in [0.1, 0.15) is 67.2 Å². The summed E-state index contributed by atoms with van der Waals surface area (Å²) in [6.45, 7) is 11.1. The van der Waals surface area contributed by atoms with Gasteiger partial charge in [0.2, 0.25) is 6.29 Å². The van der Waals surface area contributed by atoms with Crippen LogP contribution in [0.25, 0.3) is 0 Å². The average Bonchev–Trinajstić information content (AvgIpc) is 3.27. The smallest absolute Gasteiger partial charge is 0.333 e. The van der Waals surface area contributed by atoms with Crippen LogP contribution in [0.5, 0.6) is 0 Å². The number of aliphatic hydroxyl groups excluding tert-OH is 1. The lowest BCUT2D eigenvalue weighted by Crippen LogP contribution is -2.67. The molecular formula is C32H40O10. The number of allylic oxidation sites excluding steroid dienone is 2. The molecule has 2 bridgehead atoms. The SMILES string of the molecule is C/C=C(\C)C(=O)O[C@@H]1[C@@H]2C=C3[C@@H]4CC(=O)O[C@@H](C5=CC(=O)O[C@@H]5O)[C@]4(C)CC[C@@H]3[C@@](C)(C2=O)[C@@H](CC(=O)OC)C1(C)C. The molecule has 3 aliphatic carbocycles. The number of Topliss-reactive ketones (excluding diaryl/α,β-unsaturated/α-hetero) is 1. The molecule has 0 spiro atoms. The number of carbonyl (C=O) groups excluding carboxylic acids is 5. The lowest BCUT2D eigenvalue weighted by molar-refractivity contribution is -0.194. The zero-order valence-electron chi connectivity index (χ0n) is 25.2. The maximum absolute atomic E-state index is 14.4. The fourth-order valence-corrected chi connectivity index (χ4v) is 8.68. The van der Waals surface area contributed by atoms with Crippen LogP contribution in [0.4, 0.5) is 0 Å². The van der Waals surface area contributed by atoms with Gasteiger partial charge >= 0.3 is 23.9 Å². The molecule has 42 heavy (non-hydrogen) atoms. The van der Waals surface area contributed by atoms with Crippen molar-refractivity contribution in [3.63, 3.8) is 0 Å². The van der Waals surface area contributed by atoms with E-state index in [0.29, 0.717) is 18.4 Å². The first-order valence-electron chi connectivity index (χ1n) is 14.6. The summed E-state index contributed by atoms with van der Waals surface area (Å²) in [5.41, 5.74) is -0.986. The van der Waals surface area contributed by atoms with Crippen LogP contribution in [-0.2, 0) is 42.9 Å². The molecule has 2 saturated carbocycles. The molecular weight excluding hydrogens is 544 g/mol. The third kappa shape index (κ3) is 4.28. The summed E-state index contributed by atoms with van der Waals surface area (Å²) in [7, 11) is 1.31. The highest BCUT2D eigenvalue weighted by atomic mass is 16.6. The second-order valence-corrected chi connectivity index (χ2v) is 13.4. The number of ketones is 1. The van der Waals surface area contributed by atoms with E-state index in [4.69, 9.17) is 18.9 Å². The maximum Gasteiger partial charge on any atom is 0.333 e. The first kappa shape index (κ1) is 30.2. The zero-order valence-corrected chi connectivity index (χ0v) is 25.2. The minimum atomic E-state index is -1.51. The van der Waals surface area contributed by atoms with E-state index in [0.717, 1.165) is 5.57 Å². The summed E-state index contributed by atoms with van der Waals surface area (Å²) in [5, 5.41) is 10.5. The highest BCUT2D eigenvalue weighted by Crippen LogP contribution is 2.67. The Bertz CT molecular complexity index is 1340. The molecule has 2 aliphatic heterocycles. The average molecular weight is 585 g/mol. The van der Waals surface area contributed by atoms with E-state index >= 15 is 0 Å². The number of aliphatic hydroxyl groups is 1. The van der Waals surface area contributed by atoms with Gasteiger partial charge in [-0.3, -0.25) is 14.4 Å². The summed E-state index contributed by atoms with van der Waals surface area (Å²) < 4.78 is 21.9. The summed E-state index contributed by atoms with van der Waals surface area (Å²) in [6.07, 6.45) is 2.56. The van der Waals surface area contributed by atoms with Gasteiger partial charge in [0.25, 0.3) is 0 Å². The quantitative estimate of drug-likeness (QED) is 0.221. The highest BCUT2D eigenvalue weighted by Gasteiger charge is 2.69. The molecule has 0 amide bonds. The lowest BCUT2D eigenvalue weighted by atomic mass is 9.40. The molecule has 0 aromatic carbocycles. The molecule has 3 fully saturated rings. The molecule has 1 saturated heterocycles. The fourth-order valence-electron chi connectivity index (χ4n) is 8.68. The van der Waals surface area contributed by atoms with Crippen LogP contribution >= 0.6 is 0 Å².